The van der Waals surface area contributed by atoms with Gasteiger partial charge in [-0.15, -0.1) is 0 Å². The molecule has 0 aliphatic carbocycles. The Balaban J connectivity index is 0.000000177. The number of anilines is 3. The first-order chi connectivity index (χ1) is 36.9. The minimum Gasteiger partial charge on any atom is -0.357 e. The Labute approximate surface area is 439 Å². The zero-order valence-electron chi connectivity index (χ0n) is 42.5. The molecule has 2 aliphatic rings. The maximum absolute atomic E-state index is 13.6. The molecule has 76 heavy (non-hydrogen) atoms. The van der Waals surface area contributed by atoms with Crippen molar-refractivity contribution in [3.8, 4) is 0 Å². The monoisotopic (exact) mass is 1010 g/mol. The van der Waals surface area contributed by atoms with E-state index in [1.54, 1.807) is 40.4 Å². The fourth-order valence-corrected chi connectivity index (χ4v) is 10.0. The summed E-state index contributed by atoms with van der Waals surface area (Å²) in [6.07, 6.45) is 5.80. The van der Waals surface area contributed by atoms with Crippen LogP contribution in [-0.4, -0.2) is 81.5 Å². The van der Waals surface area contributed by atoms with Crippen LogP contribution in [0.5, 0.6) is 0 Å². The standard InChI is InChI=1S/C33H30N6O3.C27H27N5O2/c1-3-30(40)35-25-12-13-26-22(18-25)8-5-9-23(26)19-29-37-31(32(41)36-24-10-4-7-21(2)17-24)28-20-38(15-16-39(28)29)33(42)27-11-6-14-34-27;1-18-8-6-11-21(14-18)29-26(33)25-23-17-31(27(34)22-12-7-13-28-22)16-19(2)32(23)24(30-25)15-20-9-4-3-5-10-20/h3-14,17-18,34H,1,15-16,19-20H2,2H3,(H,35,40)(H,36,41);3-14,19,28H,15-17H2,1-2H3,(H,29,33)/t;19-/m.1/s1. The number of H-pyrrole nitrogens is 2. The lowest BCUT2D eigenvalue weighted by molar-refractivity contribution is -0.111. The zero-order chi connectivity index (χ0) is 52.9. The molecule has 6 heterocycles. The first kappa shape index (κ1) is 50.0. The third kappa shape index (κ3) is 10.9. The minimum atomic E-state index is -0.315. The molecule has 0 fully saturated rings. The fraction of sp³-hybridized carbons (Fsp3) is 0.183. The molecule has 16 nitrogen and oxygen atoms in total. The SMILES string of the molecule is C=CC(=O)Nc1ccc2c(Cc3nc(C(=O)Nc4cccc(C)c4)c4n3CCN(C(=O)c3ccc[nH]3)C4)cccc2c1.Cc1cccc(NC(=O)c2nc(Cc3ccccc3)n3c2CN(C(=O)c2ccc[nH]2)C[C@H]3C)c1. The van der Waals surface area contributed by atoms with Gasteiger partial charge in [0.25, 0.3) is 23.6 Å². The quantitative estimate of drug-likeness (QED) is 0.0751. The van der Waals surface area contributed by atoms with E-state index in [0.29, 0.717) is 78.9 Å². The first-order valence-electron chi connectivity index (χ1n) is 25.2. The van der Waals surface area contributed by atoms with Gasteiger partial charge in [-0.3, -0.25) is 24.0 Å². The van der Waals surface area contributed by atoms with Crippen LogP contribution in [0, 0.1) is 13.8 Å². The Hall–Kier alpha value is -9.57. The zero-order valence-corrected chi connectivity index (χ0v) is 42.5. The van der Waals surface area contributed by atoms with E-state index in [2.05, 4.69) is 60.7 Å². The summed E-state index contributed by atoms with van der Waals surface area (Å²) in [7, 11) is 0. The second-order valence-corrected chi connectivity index (χ2v) is 19.1. The molecule has 0 radical (unpaired) electrons. The molecule has 16 heteroatoms. The summed E-state index contributed by atoms with van der Waals surface area (Å²) in [6.45, 7) is 11.7. The Bertz CT molecular complexity index is 3630. The van der Waals surface area contributed by atoms with Crippen LogP contribution in [0.4, 0.5) is 17.1 Å². The minimum absolute atomic E-state index is 0.0191. The van der Waals surface area contributed by atoms with Crippen molar-refractivity contribution in [3.63, 3.8) is 0 Å². The number of fused-ring (bicyclic) bond motifs is 3. The van der Waals surface area contributed by atoms with Crippen molar-refractivity contribution in [2.24, 2.45) is 0 Å². The molecule has 0 bridgehead atoms. The summed E-state index contributed by atoms with van der Waals surface area (Å²) in [5, 5.41) is 10.8. The summed E-state index contributed by atoms with van der Waals surface area (Å²) in [6, 6.07) is 44.3. The molecule has 1 atom stereocenters. The van der Waals surface area contributed by atoms with Crippen LogP contribution in [0.3, 0.4) is 0 Å². The van der Waals surface area contributed by atoms with Crippen LogP contribution < -0.4 is 16.0 Å². The van der Waals surface area contributed by atoms with Gasteiger partial charge >= 0.3 is 0 Å². The molecule has 11 rings (SSSR count). The van der Waals surface area contributed by atoms with Crippen molar-refractivity contribution in [2.45, 2.75) is 59.3 Å². The molecule has 0 spiro atoms. The lowest BCUT2D eigenvalue weighted by atomic mass is 10.0. The van der Waals surface area contributed by atoms with Crippen LogP contribution in [0.15, 0.2) is 165 Å². The predicted molar refractivity (Wildman–Crippen MR) is 293 cm³/mol. The molecule has 0 unspecified atom stereocenters. The third-order valence-corrected chi connectivity index (χ3v) is 13.6. The highest BCUT2D eigenvalue weighted by molar-refractivity contribution is 6.05. The van der Waals surface area contributed by atoms with Gasteiger partial charge in [0.1, 0.15) is 23.0 Å². The van der Waals surface area contributed by atoms with Crippen molar-refractivity contribution in [2.75, 3.05) is 29.0 Å². The van der Waals surface area contributed by atoms with Gasteiger partial charge in [0, 0.05) is 68.0 Å². The fourth-order valence-electron chi connectivity index (χ4n) is 10.0. The van der Waals surface area contributed by atoms with Crippen LogP contribution in [0.1, 0.15) is 100 Å². The van der Waals surface area contributed by atoms with E-state index in [9.17, 15) is 24.0 Å². The summed E-state index contributed by atoms with van der Waals surface area (Å²) in [5.41, 5.74) is 9.53. The van der Waals surface area contributed by atoms with Gasteiger partial charge in [0.2, 0.25) is 5.91 Å². The molecule has 4 aromatic heterocycles. The number of rotatable bonds is 12. The number of hydrogen-bond acceptors (Lipinski definition) is 7. The van der Waals surface area contributed by atoms with Crippen LogP contribution in [0.2, 0.25) is 0 Å². The predicted octanol–water partition coefficient (Wildman–Crippen LogP) is 9.88. The molecular formula is C60H57N11O5. The van der Waals surface area contributed by atoms with E-state index >= 15 is 0 Å². The Kier molecular flexibility index (Phi) is 14.4. The van der Waals surface area contributed by atoms with Crippen molar-refractivity contribution in [1.29, 1.82) is 0 Å². The average Bonchev–Trinajstić information content (AvgIpc) is 4.28. The molecule has 5 amide bonds. The first-order valence-corrected chi connectivity index (χ1v) is 25.2. The molecule has 382 valence electrons. The molecule has 5 aromatic carbocycles. The average molecular weight is 1010 g/mol. The maximum Gasteiger partial charge on any atom is 0.276 e. The van der Waals surface area contributed by atoms with Gasteiger partial charge in [-0.05, 0) is 121 Å². The van der Waals surface area contributed by atoms with Crippen LogP contribution >= 0.6 is 0 Å². The van der Waals surface area contributed by atoms with E-state index < -0.39 is 0 Å². The van der Waals surface area contributed by atoms with Gasteiger partial charge < -0.3 is 44.9 Å². The van der Waals surface area contributed by atoms with E-state index in [-0.39, 0.29) is 42.1 Å². The maximum atomic E-state index is 13.6. The smallest absolute Gasteiger partial charge is 0.276 e. The van der Waals surface area contributed by atoms with E-state index in [1.807, 2.05) is 123 Å². The number of carbonyl (C=O) groups is 5. The number of imidazole rings is 2. The second-order valence-electron chi connectivity index (χ2n) is 19.1. The largest absolute Gasteiger partial charge is 0.357 e. The van der Waals surface area contributed by atoms with Crippen LogP contribution in [-0.2, 0) is 37.3 Å². The number of hydrogen-bond donors (Lipinski definition) is 5. The Morgan fingerprint density at radius 2 is 1.22 bits per heavy atom. The molecular weight excluding hydrogens is 955 g/mol. The van der Waals surface area contributed by atoms with E-state index in [4.69, 9.17) is 9.97 Å². The number of nitrogens with one attached hydrogen (secondary N) is 5. The molecule has 0 saturated heterocycles. The summed E-state index contributed by atoms with van der Waals surface area (Å²) >= 11 is 0. The van der Waals surface area contributed by atoms with E-state index in [0.717, 1.165) is 56.1 Å². The van der Waals surface area contributed by atoms with Crippen molar-refractivity contribution >= 4 is 57.4 Å². The molecule has 0 saturated carbocycles. The highest BCUT2D eigenvalue weighted by Crippen LogP contribution is 2.31. The molecule has 5 N–H and O–H groups in total. The number of aromatic nitrogens is 6. The number of aryl methyl sites for hydroxylation is 2. The molecule has 9 aromatic rings. The van der Waals surface area contributed by atoms with Gasteiger partial charge in [-0.2, -0.15) is 0 Å². The van der Waals surface area contributed by atoms with Crippen molar-refractivity contribution in [3.05, 3.63) is 233 Å². The van der Waals surface area contributed by atoms with Crippen molar-refractivity contribution < 1.29 is 24.0 Å². The Morgan fingerprint density at radius 3 is 1.86 bits per heavy atom. The number of benzene rings is 5. The highest BCUT2D eigenvalue weighted by Gasteiger charge is 2.34. The lowest BCUT2D eigenvalue weighted by Gasteiger charge is -2.34. The summed E-state index contributed by atoms with van der Waals surface area (Å²) in [4.78, 5) is 84.2. The summed E-state index contributed by atoms with van der Waals surface area (Å²) in [5.74, 6) is 0.527. The highest BCUT2D eigenvalue weighted by atomic mass is 16.2. The normalized spacial score (nSPS) is 13.7. The summed E-state index contributed by atoms with van der Waals surface area (Å²) < 4.78 is 4.21. The van der Waals surface area contributed by atoms with Gasteiger partial charge in [0.15, 0.2) is 11.4 Å². The van der Waals surface area contributed by atoms with Gasteiger partial charge in [-0.25, -0.2) is 9.97 Å². The third-order valence-electron chi connectivity index (χ3n) is 13.6. The van der Waals surface area contributed by atoms with Crippen LogP contribution in [0.25, 0.3) is 10.8 Å². The number of aromatic amines is 2. The van der Waals surface area contributed by atoms with Gasteiger partial charge in [-0.1, -0.05) is 85.4 Å². The number of carbonyl (C=O) groups excluding carboxylic acids is 5. The molecule has 2 aliphatic heterocycles. The lowest BCUT2D eigenvalue weighted by Crippen LogP contribution is -2.41. The topological polar surface area (TPSA) is 195 Å². The van der Waals surface area contributed by atoms with Crippen molar-refractivity contribution in [1.82, 2.24) is 38.9 Å². The number of amides is 5. The van der Waals surface area contributed by atoms with Gasteiger partial charge in [0.05, 0.1) is 24.5 Å². The Morgan fingerprint density at radius 1 is 0.618 bits per heavy atom. The second kappa shape index (κ2) is 21.9. The van der Waals surface area contributed by atoms with E-state index in [1.165, 1.54) is 6.08 Å². The number of nitrogens with zero attached hydrogens (tertiary/aromatic N) is 6.